The molecule has 0 aliphatic rings. The van der Waals surface area contributed by atoms with Crippen molar-refractivity contribution in [1.82, 2.24) is 0 Å². The Hall–Kier alpha value is 1.53. The molecule has 30 valence electrons. The molecule has 1 unspecified atom stereocenters. The van der Waals surface area contributed by atoms with E-state index in [-0.39, 0.29) is 36.5 Å². The Kier molecular flexibility index (Phi) is 56.8. The van der Waals surface area contributed by atoms with E-state index in [0.717, 1.165) is 0 Å². The van der Waals surface area contributed by atoms with E-state index in [0.29, 0.717) is 0 Å². The van der Waals surface area contributed by atoms with Crippen LogP contribution < -0.4 is 17.0 Å². The fourth-order valence-corrected chi connectivity index (χ4v) is 0. The first-order valence-electron chi connectivity index (χ1n) is 1.21. The maximum absolute atomic E-state index is 2.14. The van der Waals surface area contributed by atoms with Gasteiger partial charge in [0.2, 0.25) is 0 Å². The molecule has 0 bridgehead atoms. The van der Waals surface area contributed by atoms with Gasteiger partial charge in [-0.05, 0) is 16.2 Å². The van der Waals surface area contributed by atoms with Crippen LogP contribution in [-0.2, 0) is 19.5 Å². The van der Waals surface area contributed by atoms with Crippen LogP contribution in [0.5, 0.6) is 0 Å². The molecule has 0 radical (unpaired) electrons. The van der Waals surface area contributed by atoms with E-state index in [1.165, 1.54) is 6.16 Å². The summed E-state index contributed by atoms with van der Waals surface area (Å²) >= 11 is 0. The first kappa shape index (κ1) is 16.0. The van der Waals surface area contributed by atoms with Crippen molar-refractivity contribution in [1.29, 1.82) is 0 Å². The van der Waals surface area contributed by atoms with Crippen molar-refractivity contribution in [2.75, 3.05) is 6.16 Å². The second-order valence-electron chi connectivity index (χ2n) is 0.500. The second-order valence-corrected chi connectivity index (χ2v) is 1.50. The quantitative estimate of drug-likeness (QED) is 0.308. The molecule has 0 aliphatic carbocycles. The van der Waals surface area contributed by atoms with Crippen molar-refractivity contribution in [3.05, 3.63) is 0 Å². The summed E-state index contributed by atoms with van der Waals surface area (Å²) < 4.78 is 0. The van der Waals surface area contributed by atoms with Crippen LogP contribution in [0.1, 0.15) is 6.92 Å². The topological polar surface area (TPSA) is 0 Å². The first-order chi connectivity index (χ1) is 1.41. The summed E-state index contributed by atoms with van der Waals surface area (Å²) in [6, 6.07) is 0. The Labute approximate surface area is 58.8 Å². The fourth-order valence-electron chi connectivity index (χ4n) is 0. The monoisotopic (exact) mass is 206 g/mol. The third kappa shape index (κ3) is 29.4. The van der Waals surface area contributed by atoms with Crippen LogP contribution in [0.2, 0.25) is 0 Å². The van der Waals surface area contributed by atoms with E-state index in [4.69, 9.17) is 0 Å². The Bertz CT molecular complexity index is 9.61. The molecule has 0 nitrogen and oxygen atoms in total. The summed E-state index contributed by atoms with van der Waals surface area (Å²) in [6.45, 7) is 2.14. The molecule has 0 amide bonds. The smallest absolute Gasteiger partial charge is 0.0498 e. The van der Waals surface area contributed by atoms with Gasteiger partial charge < -0.3 is 17.0 Å². The molecular formula is C2H8BrPZn. The van der Waals surface area contributed by atoms with Gasteiger partial charge in [-0.1, -0.05) is 0 Å². The van der Waals surface area contributed by atoms with E-state index >= 15 is 0 Å². The van der Waals surface area contributed by atoms with E-state index in [2.05, 4.69) is 6.92 Å². The third-order valence-corrected chi connectivity index (χ3v) is 0. The van der Waals surface area contributed by atoms with E-state index in [1.807, 2.05) is 9.24 Å². The van der Waals surface area contributed by atoms with Crippen molar-refractivity contribution >= 4 is 9.24 Å². The van der Waals surface area contributed by atoms with Crippen molar-refractivity contribution < 1.29 is 36.5 Å². The zero-order valence-electron chi connectivity index (χ0n) is 3.50. The van der Waals surface area contributed by atoms with Gasteiger partial charge in [-0.15, -0.1) is 0 Å². The van der Waals surface area contributed by atoms with Gasteiger partial charge >= 0.3 is 0 Å². The van der Waals surface area contributed by atoms with Crippen LogP contribution in [-0.4, -0.2) is 6.16 Å². The van der Waals surface area contributed by atoms with Gasteiger partial charge in [0.1, 0.15) is 0 Å². The molecule has 0 N–H and O–H groups in total. The zero-order valence-corrected chi connectivity index (χ0v) is 9.47. The molecule has 0 saturated carbocycles. The molecule has 0 aromatic heterocycles. The van der Waals surface area contributed by atoms with Crippen LogP contribution in [0, 0.1) is 0 Å². The molecule has 0 aromatic carbocycles. The molecule has 0 saturated heterocycles. The summed E-state index contributed by atoms with van der Waals surface area (Å²) in [4.78, 5) is 0. The molecule has 5 heavy (non-hydrogen) atoms. The SMILES string of the molecule is CC[PH3+].[Br-].[Zn]. The van der Waals surface area contributed by atoms with Crippen LogP contribution >= 0.6 is 9.24 Å². The molecule has 0 spiro atoms. The molecule has 0 heterocycles. The molecule has 0 rings (SSSR count). The Balaban J connectivity index is -0.0000000200. The van der Waals surface area contributed by atoms with Crippen molar-refractivity contribution in [2.24, 2.45) is 0 Å². The van der Waals surface area contributed by atoms with Crippen LogP contribution in [0.15, 0.2) is 0 Å². The number of rotatable bonds is 0. The molecule has 0 aliphatic heterocycles. The minimum atomic E-state index is 0. The summed E-state index contributed by atoms with van der Waals surface area (Å²) in [6.07, 6.45) is 1.28. The molecule has 0 fully saturated rings. The second kappa shape index (κ2) is 17.7. The average molecular weight is 208 g/mol. The average Bonchev–Trinajstić information content (AvgIpc) is 0.918. The molecular weight excluding hydrogens is 200 g/mol. The van der Waals surface area contributed by atoms with Crippen molar-refractivity contribution in [3.8, 4) is 0 Å². The van der Waals surface area contributed by atoms with Gasteiger partial charge in [0.25, 0.3) is 0 Å². The first-order valence-corrected chi connectivity index (χ1v) is 2.21. The summed E-state index contributed by atoms with van der Waals surface area (Å²) in [5.74, 6) is 0. The van der Waals surface area contributed by atoms with Crippen molar-refractivity contribution in [2.45, 2.75) is 6.92 Å². The minimum absolute atomic E-state index is 0. The Morgan fingerprint density at radius 2 is 1.60 bits per heavy atom. The largest absolute Gasteiger partial charge is 1.00 e. The summed E-state index contributed by atoms with van der Waals surface area (Å²) in [7, 11) is 1.97. The van der Waals surface area contributed by atoms with Gasteiger partial charge in [-0.2, -0.15) is 0 Å². The van der Waals surface area contributed by atoms with Crippen LogP contribution in [0.3, 0.4) is 0 Å². The van der Waals surface area contributed by atoms with Gasteiger partial charge in [0, 0.05) is 25.6 Å². The predicted molar refractivity (Wildman–Crippen MR) is 21.6 cm³/mol. The molecule has 3 heteroatoms. The number of halogens is 1. The maximum atomic E-state index is 2.14. The van der Waals surface area contributed by atoms with Crippen molar-refractivity contribution in [3.63, 3.8) is 0 Å². The summed E-state index contributed by atoms with van der Waals surface area (Å²) in [5.41, 5.74) is 0. The molecule has 1 atom stereocenters. The standard InChI is InChI=1S/C2H7P.BrH.Zn/c1-2-3;;/h2-3H2,1H3;1H;. The maximum Gasteiger partial charge on any atom is 0.0498 e. The van der Waals surface area contributed by atoms with E-state index in [9.17, 15) is 0 Å². The number of hydrogen-bond acceptors (Lipinski definition) is 0. The third-order valence-electron chi connectivity index (χ3n) is 0. The normalized spacial score (nSPS) is 4.20. The van der Waals surface area contributed by atoms with Crippen LogP contribution in [0.4, 0.5) is 0 Å². The van der Waals surface area contributed by atoms with E-state index < -0.39 is 0 Å². The Morgan fingerprint density at radius 3 is 1.60 bits per heavy atom. The zero-order chi connectivity index (χ0) is 2.71. The number of hydrogen-bond donors (Lipinski definition) is 0. The van der Waals surface area contributed by atoms with Gasteiger partial charge in [0.05, 0.1) is 0 Å². The minimum Gasteiger partial charge on any atom is -1.00 e. The Morgan fingerprint density at radius 1 is 1.60 bits per heavy atom. The molecule has 0 aromatic rings. The fraction of sp³-hybridized carbons (Fsp3) is 1.00. The van der Waals surface area contributed by atoms with Gasteiger partial charge in [-0.3, -0.25) is 0 Å². The van der Waals surface area contributed by atoms with Crippen LogP contribution in [0.25, 0.3) is 0 Å². The predicted octanol–water partition coefficient (Wildman–Crippen LogP) is -2.38. The van der Waals surface area contributed by atoms with Gasteiger partial charge in [-0.25, -0.2) is 0 Å². The summed E-state index contributed by atoms with van der Waals surface area (Å²) in [5, 5.41) is 0. The van der Waals surface area contributed by atoms with E-state index in [1.54, 1.807) is 0 Å². The van der Waals surface area contributed by atoms with Gasteiger partial charge in [0.15, 0.2) is 0 Å².